The van der Waals surface area contributed by atoms with Gasteiger partial charge in [0.05, 0.1) is 18.3 Å². The van der Waals surface area contributed by atoms with Crippen LogP contribution >= 0.6 is 0 Å². The maximum atomic E-state index is 13.2. The van der Waals surface area contributed by atoms with E-state index < -0.39 is 11.5 Å². The zero-order valence-electron chi connectivity index (χ0n) is 16.2. The van der Waals surface area contributed by atoms with Crippen molar-refractivity contribution in [2.24, 2.45) is 0 Å². The number of anilines is 1. The van der Waals surface area contributed by atoms with E-state index in [-0.39, 0.29) is 24.9 Å². The number of rotatable bonds is 6. The lowest BCUT2D eigenvalue weighted by molar-refractivity contribution is -0.141. The van der Waals surface area contributed by atoms with Crippen molar-refractivity contribution in [3.8, 4) is 5.75 Å². The van der Waals surface area contributed by atoms with E-state index in [1.807, 2.05) is 51.1 Å². The Hall–Kier alpha value is -2.66. The second-order valence-corrected chi connectivity index (χ2v) is 7.38. The van der Waals surface area contributed by atoms with Crippen molar-refractivity contribution < 1.29 is 19.4 Å². The molecule has 3 rings (SSSR count). The van der Waals surface area contributed by atoms with Gasteiger partial charge in [0.25, 0.3) is 5.91 Å². The monoisotopic (exact) mass is 367 g/mol. The molecule has 2 aromatic carbocycles. The van der Waals surface area contributed by atoms with Crippen molar-refractivity contribution in [2.45, 2.75) is 52.4 Å². The van der Waals surface area contributed by atoms with E-state index in [4.69, 9.17) is 4.74 Å². The summed E-state index contributed by atoms with van der Waals surface area (Å²) in [7, 11) is 0. The summed E-state index contributed by atoms with van der Waals surface area (Å²) in [4.78, 5) is 26.5. The van der Waals surface area contributed by atoms with Crippen molar-refractivity contribution in [1.29, 1.82) is 0 Å². The fourth-order valence-electron chi connectivity index (χ4n) is 3.65. The number of carbonyl (C=O) groups excluding carboxylic acids is 2. The number of Topliss-reactive ketones (excluding diaryl/α,β-unsaturated/α-hetero) is 1. The smallest absolute Gasteiger partial charge is 0.264 e. The van der Waals surface area contributed by atoms with Gasteiger partial charge in [-0.3, -0.25) is 9.59 Å². The van der Waals surface area contributed by atoms with Gasteiger partial charge in [-0.05, 0) is 39.3 Å². The van der Waals surface area contributed by atoms with Crippen LogP contribution in [0.4, 0.5) is 5.69 Å². The Kier molecular flexibility index (Phi) is 5.07. The van der Waals surface area contributed by atoms with Gasteiger partial charge in [-0.2, -0.15) is 0 Å². The molecule has 0 saturated heterocycles. The van der Waals surface area contributed by atoms with Crippen LogP contribution in [0.2, 0.25) is 0 Å². The van der Waals surface area contributed by atoms with Gasteiger partial charge in [0.1, 0.15) is 11.5 Å². The molecule has 0 spiro atoms. The van der Waals surface area contributed by atoms with Crippen LogP contribution in [0.5, 0.6) is 5.75 Å². The number of hydrogen-bond donors (Lipinski definition) is 1. The van der Waals surface area contributed by atoms with Gasteiger partial charge in [0.15, 0.2) is 5.60 Å². The molecule has 1 amide bonds. The number of para-hydroxylation sites is 2. The molecule has 1 atom stereocenters. The summed E-state index contributed by atoms with van der Waals surface area (Å²) in [5.74, 6) is 0.00230. The molecule has 5 nitrogen and oxygen atoms in total. The van der Waals surface area contributed by atoms with Crippen LogP contribution in [-0.4, -0.2) is 22.9 Å². The quantitative estimate of drug-likeness (QED) is 0.849. The number of fused-ring (bicyclic) bond motifs is 1. The fourth-order valence-corrected chi connectivity index (χ4v) is 3.65. The first-order chi connectivity index (χ1) is 12.7. The largest absolute Gasteiger partial charge is 0.491 e. The molecule has 1 aliphatic rings. The SMILES string of the molecule is CC(=O)C[C@@]1(O)C(=O)N(Cc2ccccc2OC(C)C)c2c(C)cccc21. The van der Waals surface area contributed by atoms with Gasteiger partial charge >= 0.3 is 0 Å². The maximum absolute atomic E-state index is 13.2. The Bertz CT molecular complexity index is 890. The van der Waals surface area contributed by atoms with Crippen LogP contribution < -0.4 is 9.64 Å². The molecule has 0 saturated carbocycles. The molecule has 27 heavy (non-hydrogen) atoms. The van der Waals surface area contributed by atoms with E-state index in [0.717, 1.165) is 11.1 Å². The van der Waals surface area contributed by atoms with Crippen molar-refractivity contribution in [1.82, 2.24) is 0 Å². The predicted molar refractivity (Wildman–Crippen MR) is 104 cm³/mol. The van der Waals surface area contributed by atoms with Gasteiger partial charge in [0, 0.05) is 17.5 Å². The van der Waals surface area contributed by atoms with E-state index in [0.29, 0.717) is 17.0 Å². The highest BCUT2D eigenvalue weighted by Gasteiger charge is 2.50. The number of nitrogens with zero attached hydrogens (tertiary/aromatic N) is 1. The van der Waals surface area contributed by atoms with Gasteiger partial charge in [-0.1, -0.05) is 36.4 Å². The van der Waals surface area contributed by atoms with Gasteiger partial charge in [-0.15, -0.1) is 0 Å². The Morgan fingerprint density at radius 1 is 1.19 bits per heavy atom. The summed E-state index contributed by atoms with van der Waals surface area (Å²) >= 11 is 0. The van der Waals surface area contributed by atoms with Crippen LogP contribution in [0.3, 0.4) is 0 Å². The number of aryl methyl sites for hydroxylation is 1. The first-order valence-electron chi connectivity index (χ1n) is 9.12. The molecule has 0 radical (unpaired) electrons. The third-order valence-corrected chi connectivity index (χ3v) is 4.72. The van der Waals surface area contributed by atoms with Crippen molar-refractivity contribution in [3.63, 3.8) is 0 Å². The second kappa shape index (κ2) is 7.16. The zero-order valence-corrected chi connectivity index (χ0v) is 16.2. The lowest BCUT2D eigenvalue weighted by Crippen LogP contribution is -2.41. The van der Waals surface area contributed by atoms with Gasteiger partial charge in [-0.25, -0.2) is 0 Å². The van der Waals surface area contributed by atoms with E-state index in [2.05, 4.69) is 0 Å². The first kappa shape index (κ1) is 19.1. The van der Waals surface area contributed by atoms with Gasteiger partial charge in [0.2, 0.25) is 0 Å². The Balaban J connectivity index is 2.05. The molecule has 0 unspecified atom stereocenters. The highest BCUT2D eigenvalue weighted by atomic mass is 16.5. The molecule has 0 bridgehead atoms. The minimum absolute atomic E-state index is 0.00379. The number of hydrogen-bond acceptors (Lipinski definition) is 4. The first-order valence-corrected chi connectivity index (χ1v) is 9.12. The normalized spacial score (nSPS) is 18.7. The predicted octanol–water partition coefficient (Wildman–Crippen LogP) is 3.50. The molecule has 2 aromatic rings. The minimum atomic E-state index is -1.82. The summed E-state index contributed by atoms with van der Waals surface area (Å²) in [6.45, 7) is 7.44. The van der Waals surface area contributed by atoms with Crippen LogP contribution in [0.1, 0.15) is 43.9 Å². The molecule has 5 heteroatoms. The van der Waals surface area contributed by atoms with Crippen molar-refractivity contribution in [2.75, 3.05) is 4.90 Å². The molecular formula is C22H25NO4. The Labute approximate surface area is 159 Å². The molecule has 0 aromatic heterocycles. The van der Waals surface area contributed by atoms with Crippen molar-refractivity contribution in [3.05, 3.63) is 59.2 Å². The van der Waals surface area contributed by atoms with Gasteiger partial charge < -0.3 is 14.7 Å². The number of ether oxygens (including phenoxy) is 1. The zero-order chi connectivity index (χ0) is 19.8. The van der Waals surface area contributed by atoms with E-state index >= 15 is 0 Å². The minimum Gasteiger partial charge on any atom is -0.491 e. The van der Waals surface area contributed by atoms with Crippen LogP contribution in [0.25, 0.3) is 0 Å². The molecule has 1 heterocycles. The third-order valence-electron chi connectivity index (χ3n) is 4.72. The average molecular weight is 367 g/mol. The standard InChI is InChI=1S/C22H25NO4/c1-14(2)27-19-11-6-5-9-17(19)13-23-20-15(3)8-7-10-18(20)22(26,21(23)25)12-16(4)24/h5-11,14,26H,12-13H2,1-4H3/t22-/m0/s1. The summed E-state index contributed by atoms with van der Waals surface area (Å²) in [5.41, 5.74) is 1.07. The number of ketones is 1. The molecule has 142 valence electrons. The lowest BCUT2D eigenvalue weighted by atomic mass is 9.89. The molecule has 0 aliphatic carbocycles. The lowest BCUT2D eigenvalue weighted by Gasteiger charge is -2.24. The Morgan fingerprint density at radius 2 is 1.89 bits per heavy atom. The summed E-state index contributed by atoms with van der Waals surface area (Å²) in [5, 5.41) is 11.1. The third kappa shape index (κ3) is 3.47. The van der Waals surface area contributed by atoms with Crippen LogP contribution in [0, 0.1) is 6.92 Å². The average Bonchev–Trinajstić information content (AvgIpc) is 2.78. The number of amides is 1. The second-order valence-electron chi connectivity index (χ2n) is 7.38. The van der Waals surface area contributed by atoms with E-state index in [9.17, 15) is 14.7 Å². The number of aliphatic hydroxyl groups is 1. The molecular weight excluding hydrogens is 342 g/mol. The fraction of sp³-hybridized carbons (Fsp3) is 0.364. The summed E-state index contributed by atoms with van der Waals surface area (Å²) < 4.78 is 5.87. The molecule has 0 fully saturated rings. The van der Waals surface area contributed by atoms with E-state index in [1.165, 1.54) is 6.92 Å². The number of carbonyl (C=O) groups is 2. The Morgan fingerprint density at radius 3 is 2.56 bits per heavy atom. The highest BCUT2D eigenvalue weighted by Crippen LogP contribution is 2.45. The van der Waals surface area contributed by atoms with E-state index in [1.54, 1.807) is 17.0 Å². The van der Waals surface area contributed by atoms with Crippen LogP contribution in [0.15, 0.2) is 42.5 Å². The highest BCUT2D eigenvalue weighted by molar-refractivity contribution is 6.09. The summed E-state index contributed by atoms with van der Waals surface area (Å²) in [6.07, 6.45) is -0.229. The van der Waals surface area contributed by atoms with Crippen molar-refractivity contribution >= 4 is 17.4 Å². The molecule has 1 aliphatic heterocycles. The molecule has 1 N–H and O–H groups in total. The number of benzene rings is 2. The maximum Gasteiger partial charge on any atom is 0.264 e. The topological polar surface area (TPSA) is 66.8 Å². The summed E-state index contributed by atoms with van der Waals surface area (Å²) in [6, 6.07) is 13.0. The van der Waals surface area contributed by atoms with Crippen LogP contribution in [-0.2, 0) is 21.7 Å².